The molecular formula is C21H27N3O3S. The first-order chi connectivity index (χ1) is 13.5. The standard InChI is InChI=1S/C21H27N3O3S/c1-15(16-8-10-17(27-2)11-9-16)24-14-4-6-20(24)19-5-3-7-21(22-19)23-28(25,26)18-12-13-18/h3,5,7-11,15,18,20H,4,6,12-14H2,1-2H3,(H,22,23)/t15-,20+/m0/s1. The maximum Gasteiger partial charge on any atom is 0.236 e. The summed E-state index contributed by atoms with van der Waals surface area (Å²) in [5.41, 5.74) is 2.16. The van der Waals surface area contributed by atoms with E-state index in [1.807, 2.05) is 24.3 Å². The van der Waals surface area contributed by atoms with Gasteiger partial charge in [0.05, 0.1) is 24.1 Å². The molecule has 150 valence electrons. The van der Waals surface area contributed by atoms with Gasteiger partial charge in [-0.3, -0.25) is 9.62 Å². The summed E-state index contributed by atoms with van der Waals surface area (Å²) in [5, 5.41) is -0.254. The number of hydrogen-bond acceptors (Lipinski definition) is 5. The number of anilines is 1. The third-order valence-corrected chi connectivity index (χ3v) is 7.55. The van der Waals surface area contributed by atoms with Crippen LogP contribution in [0.5, 0.6) is 5.75 Å². The first kappa shape index (κ1) is 19.2. The zero-order chi connectivity index (χ0) is 19.7. The Morgan fingerprint density at radius 3 is 2.57 bits per heavy atom. The molecule has 0 radical (unpaired) electrons. The van der Waals surface area contributed by atoms with Crippen LogP contribution < -0.4 is 9.46 Å². The van der Waals surface area contributed by atoms with Crippen LogP contribution in [0.15, 0.2) is 42.5 Å². The molecule has 0 spiro atoms. The second-order valence-corrected chi connectivity index (χ2v) is 9.60. The number of likely N-dealkylation sites (tertiary alicyclic amines) is 1. The molecule has 28 heavy (non-hydrogen) atoms. The zero-order valence-electron chi connectivity index (χ0n) is 16.3. The molecule has 1 aromatic carbocycles. The number of rotatable bonds is 7. The Hall–Kier alpha value is -2.12. The molecule has 4 rings (SSSR count). The Kier molecular flexibility index (Phi) is 5.29. The molecule has 2 aromatic rings. The van der Waals surface area contributed by atoms with Crippen molar-refractivity contribution in [2.45, 2.75) is 49.9 Å². The number of methoxy groups -OCH3 is 1. The van der Waals surface area contributed by atoms with E-state index in [0.717, 1.165) is 43.7 Å². The van der Waals surface area contributed by atoms with Crippen LogP contribution in [0, 0.1) is 0 Å². The van der Waals surface area contributed by atoms with Crippen molar-refractivity contribution in [3.8, 4) is 5.75 Å². The molecule has 1 aliphatic carbocycles. The molecule has 2 heterocycles. The minimum atomic E-state index is -3.30. The van der Waals surface area contributed by atoms with Gasteiger partial charge in [0.1, 0.15) is 11.6 Å². The Morgan fingerprint density at radius 2 is 1.89 bits per heavy atom. The van der Waals surface area contributed by atoms with Crippen molar-refractivity contribution in [3.63, 3.8) is 0 Å². The normalized spacial score (nSPS) is 21.4. The van der Waals surface area contributed by atoms with Crippen molar-refractivity contribution in [2.75, 3.05) is 18.4 Å². The van der Waals surface area contributed by atoms with Gasteiger partial charge < -0.3 is 4.74 Å². The summed E-state index contributed by atoms with van der Waals surface area (Å²) in [7, 11) is -1.63. The van der Waals surface area contributed by atoms with Crippen LogP contribution in [0.2, 0.25) is 0 Å². The number of hydrogen-bond donors (Lipinski definition) is 1. The number of ether oxygens (including phenoxy) is 1. The van der Waals surface area contributed by atoms with E-state index in [0.29, 0.717) is 5.82 Å². The molecule has 0 amide bonds. The molecule has 7 heteroatoms. The fourth-order valence-corrected chi connectivity index (χ4v) is 5.27. The molecular weight excluding hydrogens is 374 g/mol. The quantitative estimate of drug-likeness (QED) is 0.762. The fraction of sp³-hybridized carbons (Fsp3) is 0.476. The SMILES string of the molecule is COc1ccc([C@H](C)N2CCC[C@@H]2c2cccc(NS(=O)(=O)C3CC3)n2)cc1. The highest BCUT2D eigenvalue weighted by atomic mass is 32.2. The number of benzene rings is 1. The van der Waals surface area contributed by atoms with Crippen LogP contribution in [0.4, 0.5) is 5.82 Å². The predicted octanol–water partition coefficient (Wildman–Crippen LogP) is 3.89. The lowest BCUT2D eigenvalue weighted by atomic mass is 10.0. The van der Waals surface area contributed by atoms with Crippen LogP contribution in [0.3, 0.4) is 0 Å². The summed E-state index contributed by atoms with van der Waals surface area (Å²) in [5.74, 6) is 1.28. The lowest BCUT2D eigenvalue weighted by molar-refractivity contribution is 0.191. The van der Waals surface area contributed by atoms with Gasteiger partial charge in [0.2, 0.25) is 10.0 Å². The Labute approximate surface area is 167 Å². The number of nitrogens with zero attached hydrogens (tertiary/aromatic N) is 2. The van der Waals surface area contributed by atoms with Crippen LogP contribution >= 0.6 is 0 Å². The van der Waals surface area contributed by atoms with Gasteiger partial charge in [0.25, 0.3) is 0 Å². The van der Waals surface area contributed by atoms with E-state index in [2.05, 4.69) is 33.7 Å². The second kappa shape index (κ2) is 7.72. The summed E-state index contributed by atoms with van der Waals surface area (Å²) in [6.07, 6.45) is 3.60. The van der Waals surface area contributed by atoms with E-state index >= 15 is 0 Å². The number of sulfonamides is 1. The van der Waals surface area contributed by atoms with Gasteiger partial charge >= 0.3 is 0 Å². The molecule has 6 nitrogen and oxygen atoms in total. The molecule has 1 saturated carbocycles. The van der Waals surface area contributed by atoms with E-state index in [1.54, 1.807) is 13.2 Å². The van der Waals surface area contributed by atoms with Crippen molar-refractivity contribution in [2.24, 2.45) is 0 Å². The van der Waals surface area contributed by atoms with Gasteiger partial charge in [0, 0.05) is 6.04 Å². The van der Waals surface area contributed by atoms with Crippen molar-refractivity contribution in [1.29, 1.82) is 0 Å². The highest BCUT2D eigenvalue weighted by molar-refractivity contribution is 7.93. The average Bonchev–Trinajstić information content (AvgIpc) is 3.46. The molecule has 2 fully saturated rings. The number of aromatic nitrogens is 1. The van der Waals surface area contributed by atoms with Gasteiger partial charge in [-0.1, -0.05) is 18.2 Å². The van der Waals surface area contributed by atoms with E-state index in [4.69, 9.17) is 4.74 Å². The smallest absolute Gasteiger partial charge is 0.236 e. The zero-order valence-corrected chi connectivity index (χ0v) is 17.2. The van der Waals surface area contributed by atoms with Crippen LogP contribution in [0.1, 0.15) is 55.9 Å². The van der Waals surface area contributed by atoms with E-state index in [9.17, 15) is 8.42 Å². The minimum absolute atomic E-state index is 0.183. The molecule has 1 aromatic heterocycles. The van der Waals surface area contributed by atoms with Gasteiger partial charge in [0.15, 0.2) is 0 Å². The summed E-state index contributed by atoms with van der Waals surface area (Å²) in [4.78, 5) is 7.10. The lowest BCUT2D eigenvalue weighted by Crippen LogP contribution is -2.27. The van der Waals surface area contributed by atoms with Crippen molar-refractivity contribution in [1.82, 2.24) is 9.88 Å². The maximum atomic E-state index is 12.2. The van der Waals surface area contributed by atoms with E-state index < -0.39 is 10.0 Å². The molecule has 2 atom stereocenters. The summed E-state index contributed by atoms with van der Waals surface area (Å²) >= 11 is 0. The Balaban J connectivity index is 1.53. The third kappa shape index (κ3) is 4.00. The monoisotopic (exact) mass is 401 g/mol. The van der Waals surface area contributed by atoms with E-state index in [1.165, 1.54) is 5.56 Å². The first-order valence-electron chi connectivity index (χ1n) is 9.86. The third-order valence-electron chi connectivity index (χ3n) is 5.71. The molecule has 1 saturated heterocycles. The predicted molar refractivity (Wildman–Crippen MR) is 110 cm³/mol. The largest absolute Gasteiger partial charge is 0.497 e. The molecule has 2 aliphatic rings. The molecule has 1 aliphatic heterocycles. The fourth-order valence-electron chi connectivity index (χ4n) is 3.95. The number of pyridine rings is 1. The Bertz CT molecular complexity index is 926. The van der Waals surface area contributed by atoms with Crippen molar-refractivity contribution in [3.05, 3.63) is 53.7 Å². The topological polar surface area (TPSA) is 71.5 Å². The minimum Gasteiger partial charge on any atom is -0.497 e. The second-order valence-electron chi connectivity index (χ2n) is 7.64. The lowest BCUT2D eigenvalue weighted by Gasteiger charge is -2.31. The summed E-state index contributed by atoms with van der Waals surface area (Å²) < 4.78 is 32.4. The maximum absolute atomic E-state index is 12.2. The summed E-state index contributed by atoms with van der Waals surface area (Å²) in [6, 6.07) is 14.2. The van der Waals surface area contributed by atoms with Crippen LogP contribution in [0.25, 0.3) is 0 Å². The van der Waals surface area contributed by atoms with Crippen LogP contribution in [-0.4, -0.2) is 37.2 Å². The van der Waals surface area contributed by atoms with Gasteiger partial charge in [-0.05, 0) is 69.0 Å². The average molecular weight is 402 g/mol. The van der Waals surface area contributed by atoms with Gasteiger partial charge in [-0.15, -0.1) is 0 Å². The molecule has 0 unspecified atom stereocenters. The first-order valence-corrected chi connectivity index (χ1v) is 11.4. The van der Waals surface area contributed by atoms with Crippen molar-refractivity contribution >= 4 is 15.8 Å². The summed E-state index contributed by atoms with van der Waals surface area (Å²) in [6.45, 7) is 3.21. The van der Waals surface area contributed by atoms with Gasteiger partial charge in [-0.2, -0.15) is 0 Å². The highest BCUT2D eigenvalue weighted by Gasteiger charge is 2.36. The van der Waals surface area contributed by atoms with Crippen LogP contribution in [-0.2, 0) is 10.0 Å². The van der Waals surface area contributed by atoms with E-state index in [-0.39, 0.29) is 17.3 Å². The number of nitrogens with one attached hydrogen (secondary N) is 1. The Morgan fingerprint density at radius 1 is 1.14 bits per heavy atom. The van der Waals surface area contributed by atoms with Gasteiger partial charge in [-0.25, -0.2) is 13.4 Å². The highest BCUT2D eigenvalue weighted by Crippen LogP contribution is 2.38. The molecule has 1 N–H and O–H groups in total. The molecule has 0 bridgehead atoms. The van der Waals surface area contributed by atoms with Crippen molar-refractivity contribution < 1.29 is 13.2 Å².